The number of hydrogen-bond acceptors (Lipinski definition) is 3. The summed E-state index contributed by atoms with van der Waals surface area (Å²) < 4.78 is 1.63. The van der Waals surface area contributed by atoms with E-state index in [0.717, 1.165) is 18.5 Å². The lowest BCUT2D eigenvalue weighted by Gasteiger charge is -2.32. The van der Waals surface area contributed by atoms with Crippen molar-refractivity contribution in [3.8, 4) is 0 Å². The Labute approximate surface area is 105 Å². The lowest BCUT2D eigenvalue weighted by atomic mass is 10.1. The Morgan fingerprint density at radius 2 is 2.22 bits per heavy atom. The molecule has 98 valence electrons. The van der Waals surface area contributed by atoms with E-state index in [9.17, 15) is 9.59 Å². The molecule has 2 rings (SSSR count). The number of rotatable bonds is 1. The van der Waals surface area contributed by atoms with Crippen molar-refractivity contribution in [2.24, 2.45) is 0 Å². The van der Waals surface area contributed by atoms with E-state index in [1.807, 2.05) is 6.92 Å². The zero-order valence-corrected chi connectivity index (χ0v) is 10.6. The maximum Gasteiger partial charge on any atom is 0.407 e. The molecule has 1 aliphatic heterocycles. The van der Waals surface area contributed by atoms with Gasteiger partial charge >= 0.3 is 6.09 Å². The molecule has 2 heterocycles. The first kappa shape index (κ1) is 12.6. The third-order valence-corrected chi connectivity index (χ3v) is 3.27. The Balaban J connectivity index is 2.31. The molecule has 0 unspecified atom stereocenters. The van der Waals surface area contributed by atoms with Gasteiger partial charge in [-0.05, 0) is 26.7 Å². The number of nitrogens with zero attached hydrogens (tertiary/aromatic N) is 3. The molecule has 6 nitrogen and oxygen atoms in total. The highest BCUT2D eigenvalue weighted by atomic mass is 16.4. The minimum atomic E-state index is -0.921. The van der Waals surface area contributed by atoms with Crippen molar-refractivity contribution in [1.29, 1.82) is 0 Å². The fourth-order valence-electron chi connectivity index (χ4n) is 2.41. The van der Waals surface area contributed by atoms with E-state index in [0.29, 0.717) is 18.8 Å². The average molecular weight is 251 g/mol. The van der Waals surface area contributed by atoms with E-state index in [2.05, 4.69) is 4.98 Å². The molecule has 1 aromatic heterocycles. The van der Waals surface area contributed by atoms with Gasteiger partial charge in [0.2, 0.25) is 0 Å². The molecule has 0 radical (unpaired) electrons. The lowest BCUT2D eigenvalue weighted by molar-refractivity contribution is 0.121. The summed E-state index contributed by atoms with van der Waals surface area (Å²) in [4.78, 5) is 28.5. The van der Waals surface area contributed by atoms with Gasteiger partial charge in [-0.3, -0.25) is 9.78 Å². The highest BCUT2D eigenvalue weighted by Gasteiger charge is 2.25. The molecule has 1 amide bonds. The van der Waals surface area contributed by atoms with Gasteiger partial charge in [-0.1, -0.05) is 0 Å². The van der Waals surface area contributed by atoms with Gasteiger partial charge in [-0.25, -0.2) is 4.79 Å². The van der Waals surface area contributed by atoms with Gasteiger partial charge in [0.25, 0.3) is 5.56 Å². The Morgan fingerprint density at radius 1 is 1.50 bits per heavy atom. The van der Waals surface area contributed by atoms with E-state index in [1.54, 1.807) is 17.7 Å². The second-order valence-corrected chi connectivity index (χ2v) is 4.70. The molecule has 1 aromatic rings. The minimum Gasteiger partial charge on any atom is -0.465 e. The highest BCUT2D eigenvalue weighted by molar-refractivity contribution is 5.65. The minimum absolute atomic E-state index is 0.0808. The van der Waals surface area contributed by atoms with Crippen LogP contribution in [0.25, 0.3) is 0 Å². The van der Waals surface area contributed by atoms with E-state index in [4.69, 9.17) is 5.11 Å². The predicted molar refractivity (Wildman–Crippen MR) is 65.8 cm³/mol. The quantitative estimate of drug-likeness (QED) is 0.813. The lowest BCUT2D eigenvalue weighted by Crippen LogP contribution is -2.42. The molecule has 0 bridgehead atoms. The Hall–Kier alpha value is -1.85. The second kappa shape index (κ2) is 4.80. The molecule has 1 fully saturated rings. The van der Waals surface area contributed by atoms with Gasteiger partial charge in [0, 0.05) is 19.3 Å². The number of carboxylic acid groups (broad SMARTS) is 1. The zero-order valence-electron chi connectivity index (χ0n) is 10.6. The number of likely N-dealkylation sites (tertiary alicyclic amines) is 1. The summed E-state index contributed by atoms with van der Waals surface area (Å²) >= 11 is 0. The van der Waals surface area contributed by atoms with Gasteiger partial charge in [0.15, 0.2) is 0 Å². The Morgan fingerprint density at radius 3 is 2.89 bits per heavy atom. The molecular formula is C12H17N3O3. The number of piperidine rings is 1. The Bertz CT molecular complexity index is 524. The van der Waals surface area contributed by atoms with Crippen LogP contribution in [-0.4, -0.2) is 38.7 Å². The first-order chi connectivity index (χ1) is 8.49. The smallest absolute Gasteiger partial charge is 0.407 e. The fraction of sp³-hybridized carbons (Fsp3) is 0.583. The number of aryl methyl sites for hydroxylation is 2. The van der Waals surface area contributed by atoms with Crippen LogP contribution in [0.1, 0.15) is 30.3 Å². The SMILES string of the molecule is Cc1cn([C@@H]2CCCN(C(=O)O)C2)c(=O)c(C)n1. The van der Waals surface area contributed by atoms with Crippen LogP contribution in [0.2, 0.25) is 0 Å². The van der Waals surface area contributed by atoms with Gasteiger partial charge in [0.05, 0.1) is 11.7 Å². The molecule has 1 aliphatic rings. The fourth-order valence-corrected chi connectivity index (χ4v) is 2.41. The molecule has 1 N–H and O–H groups in total. The number of aromatic nitrogens is 2. The molecule has 18 heavy (non-hydrogen) atoms. The van der Waals surface area contributed by atoms with E-state index in [1.165, 1.54) is 4.90 Å². The summed E-state index contributed by atoms with van der Waals surface area (Å²) in [7, 11) is 0. The van der Waals surface area contributed by atoms with E-state index >= 15 is 0 Å². The molecular weight excluding hydrogens is 234 g/mol. The van der Waals surface area contributed by atoms with Gasteiger partial charge < -0.3 is 14.6 Å². The van der Waals surface area contributed by atoms with Crippen molar-refractivity contribution in [3.63, 3.8) is 0 Å². The number of amides is 1. The third kappa shape index (κ3) is 2.37. The maximum absolute atomic E-state index is 12.0. The van der Waals surface area contributed by atoms with Crippen LogP contribution in [0, 0.1) is 13.8 Å². The second-order valence-electron chi connectivity index (χ2n) is 4.70. The van der Waals surface area contributed by atoms with Crippen LogP contribution in [0.3, 0.4) is 0 Å². The summed E-state index contributed by atoms with van der Waals surface area (Å²) in [5, 5.41) is 9.01. The maximum atomic E-state index is 12.0. The number of carbonyl (C=O) groups is 1. The van der Waals surface area contributed by atoms with Crippen LogP contribution in [0.5, 0.6) is 0 Å². The number of hydrogen-bond donors (Lipinski definition) is 1. The van der Waals surface area contributed by atoms with Crippen molar-refractivity contribution >= 4 is 6.09 Å². The molecule has 0 spiro atoms. The van der Waals surface area contributed by atoms with Crippen LogP contribution in [0.15, 0.2) is 11.0 Å². The topological polar surface area (TPSA) is 75.4 Å². The van der Waals surface area contributed by atoms with Crippen molar-refractivity contribution in [2.75, 3.05) is 13.1 Å². The molecule has 1 atom stereocenters. The summed E-state index contributed by atoms with van der Waals surface area (Å²) in [6.07, 6.45) is 2.40. The van der Waals surface area contributed by atoms with Crippen LogP contribution in [0.4, 0.5) is 4.79 Å². The third-order valence-electron chi connectivity index (χ3n) is 3.27. The average Bonchev–Trinajstić information content (AvgIpc) is 2.34. The zero-order chi connectivity index (χ0) is 13.3. The van der Waals surface area contributed by atoms with Crippen molar-refractivity contribution in [1.82, 2.24) is 14.5 Å². The molecule has 6 heteroatoms. The summed E-state index contributed by atoms with van der Waals surface area (Å²) in [5.41, 5.74) is 1.11. The molecule has 1 saturated heterocycles. The first-order valence-electron chi connectivity index (χ1n) is 6.03. The molecule has 0 aliphatic carbocycles. The van der Waals surface area contributed by atoms with Gasteiger partial charge in [0.1, 0.15) is 5.69 Å². The molecule has 0 aromatic carbocycles. The summed E-state index contributed by atoms with van der Waals surface area (Å²) in [6.45, 7) is 4.44. The largest absolute Gasteiger partial charge is 0.465 e. The summed E-state index contributed by atoms with van der Waals surface area (Å²) in [5.74, 6) is 0. The summed E-state index contributed by atoms with van der Waals surface area (Å²) in [6, 6.07) is -0.0808. The first-order valence-corrected chi connectivity index (χ1v) is 6.03. The van der Waals surface area contributed by atoms with Crippen molar-refractivity contribution < 1.29 is 9.90 Å². The van der Waals surface area contributed by atoms with Gasteiger partial charge in [-0.15, -0.1) is 0 Å². The van der Waals surface area contributed by atoms with E-state index < -0.39 is 6.09 Å². The van der Waals surface area contributed by atoms with Crippen molar-refractivity contribution in [2.45, 2.75) is 32.7 Å². The van der Waals surface area contributed by atoms with E-state index in [-0.39, 0.29) is 11.6 Å². The van der Waals surface area contributed by atoms with Gasteiger partial charge in [-0.2, -0.15) is 0 Å². The highest BCUT2D eigenvalue weighted by Crippen LogP contribution is 2.20. The normalized spacial score (nSPS) is 19.9. The standard InChI is InChI=1S/C12H17N3O3/c1-8-6-15(11(16)9(2)13-8)10-4-3-5-14(7-10)12(17)18/h6,10H,3-5,7H2,1-2H3,(H,17,18)/t10-/m1/s1. The van der Waals surface area contributed by atoms with Crippen molar-refractivity contribution in [3.05, 3.63) is 27.9 Å². The predicted octanol–water partition coefficient (Wildman–Crippen LogP) is 1.18. The van der Waals surface area contributed by atoms with Crippen LogP contribution < -0.4 is 5.56 Å². The van der Waals surface area contributed by atoms with Crippen LogP contribution in [-0.2, 0) is 0 Å². The monoisotopic (exact) mass is 251 g/mol. The molecule has 0 saturated carbocycles. The van der Waals surface area contributed by atoms with Crippen LogP contribution >= 0.6 is 0 Å². The Kier molecular flexibility index (Phi) is 3.36.